The van der Waals surface area contributed by atoms with E-state index < -0.39 is 12.0 Å². The number of hydrogen-bond donors (Lipinski definition) is 2. The minimum Gasteiger partial charge on any atom is -0.490 e. The summed E-state index contributed by atoms with van der Waals surface area (Å²) < 4.78 is 11.2. The molecule has 20 heavy (non-hydrogen) atoms. The van der Waals surface area contributed by atoms with Gasteiger partial charge in [0.15, 0.2) is 17.6 Å². The van der Waals surface area contributed by atoms with Crippen LogP contribution in [-0.4, -0.2) is 24.7 Å². The number of carbonyl (C=O) groups excluding carboxylic acids is 1. The number of carbonyl (C=O) groups is 1. The van der Waals surface area contributed by atoms with Gasteiger partial charge in [-0.05, 0) is 38.3 Å². The summed E-state index contributed by atoms with van der Waals surface area (Å²) in [6, 6.07) is 5.68. The van der Waals surface area contributed by atoms with Crippen LogP contribution in [0.1, 0.15) is 32.8 Å². The van der Waals surface area contributed by atoms with Crippen molar-refractivity contribution in [3.8, 4) is 11.5 Å². The van der Waals surface area contributed by atoms with E-state index in [0.29, 0.717) is 24.5 Å². The zero-order valence-corrected chi connectivity index (χ0v) is 12.4. The molecular formula is C15H24N2O3. The van der Waals surface area contributed by atoms with E-state index in [-0.39, 0.29) is 6.04 Å². The average molecular weight is 280 g/mol. The standard InChI is InChI=1S/C15H24N2O3/c1-4-12(16)9-11-7-6-8-13(19-5-2)14(11)20-10(3)15(17)18/h6-8,10,12H,4-5,9,16H2,1-3H3,(H2,17,18). The van der Waals surface area contributed by atoms with Crippen LogP contribution in [0.4, 0.5) is 0 Å². The van der Waals surface area contributed by atoms with Gasteiger partial charge < -0.3 is 20.9 Å². The second-order valence-electron chi connectivity index (χ2n) is 4.71. The maximum atomic E-state index is 11.2. The molecule has 2 unspecified atom stereocenters. The van der Waals surface area contributed by atoms with Crippen LogP contribution in [0.25, 0.3) is 0 Å². The second-order valence-corrected chi connectivity index (χ2v) is 4.71. The van der Waals surface area contributed by atoms with Crippen LogP contribution in [0.5, 0.6) is 11.5 Å². The lowest BCUT2D eigenvalue weighted by Crippen LogP contribution is -2.31. The first-order valence-corrected chi connectivity index (χ1v) is 6.95. The molecule has 1 rings (SSSR count). The van der Waals surface area contributed by atoms with Gasteiger partial charge in [-0.3, -0.25) is 4.79 Å². The molecule has 0 saturated carbocycles. The van der Waals surface area contributed by atoms with Gasteiger partial charge in [-0.25, -0.2) is 0 Å². The zero-order valence-electron chi connectivity index (χ0n) is 12.4. The van der Waals surface area contributed by atoms with Crippen LogP contribution in [0, 0.1) is 0 Å². The minimum atomic E-state index is -0.715. The van der Waals surface area contributed by atoms with Crippen LogP contribution in [0.2, 0.25) is 0 Å². The first-order chi connectivity index (χ1) is 9.49. The molecule has 2 atom stereocenters. The summed E-state index contributed by atoms with van der Waals surface area (Å²) in [6.07, 6.45) is 0.815. The molecule has 1 aromatic rings. The predicted molar refractivity (Wildman–Crippen MR) is 78.9 cm³/mol. The average Bonchev–Trinajstić information content (AvgIpc) is 2.42. The Morgan fingerprint density at radius 1 is 1.35 bits per heavy atom. The third-order valence-corrected chi connectivity index (χ3v) is 3.06. The monoisotopic (exact) mass is 280 g/mol. The van der Waals surface area contributed by atoms with Crippen LogP contribution in [0.15, 0.2) is 18.2 Å². The Balaban J connectivity index is 3.08. The topological polar surface area (TPSA) is 87.6 Å². The number of benzene rings is 1. The Hall–Kier alpha value is -1.75. The first kappa shape index (κ1) is 16.3. The molecule has 1 amide bonds. The Kier molecular flexibility index (Phi) is 6.31. The smallest absolute Gasteiger partial charge is 0.258 e. The number of rotatable bonds is 8. The molecule has 0 aliphatic carbocycles. The molecule has 0 fully saturated rings. The van der Waals surface area contributed by atoms with Gasteiger partial charge in [0.2, 0.25) is 0 Å². The van der Waals surface area contributed by atoms with Crippen LogP contribution in [-0.2, 0) is 11.2 Å². The molecule has 0 aliphatic heterocycles. The number of nitrogens with two attached hydrogens (primary N) is 2. The lowest BCUT2D eigenvalue weighted by molar-refractivity contribution is -0.124. The van der Waals surface area contributed by atoms with Gasteiger partial charge in [-0.1, -0.05) is 19.1 Å². The molecule has 4 N–H and O–H groups in total. The van der Waals surface area contributed by atoms with Crippen LogP contribution in [0.3, 0.4) is 0 Å². The number of ether oxygens (including phenoxy) is 2. The molecule has 0 radical (unpaired) electrons. The van der Waals surface area contributed by atoms with Gasteiger partial charge in [-0.15, -0.1) is 0 Å². The molecule has 5 nitrogen and oxygen atoms in total. The van der Waals surface area contributed by atoms with E-state index in [1.165, 1.54) is 0 Å². The van der Waals surface area contributed by atoms with Crippen molar-refractivity contribution in [2.75, 3.05) is 6.61 Å². The molecule has 5 heteroatoms. The lowest BCUT2D eigenvalue weighted by atomic mass is 10.0. The van der Waals surface area contributed by atoms with Crippen molar-refractivity contribution in [3.63, 3.8) is 0 Å². The normalized spacial score (nSPS) is 13.6. The van der Waals surface area contributed by atoms with Gasteiger partial charge in [0.05, 0.1) is 6.61 Å². The van der Waals surface area contributed by atoms with E-state index in [1.807, 2.05) is 32.0 Å². The molecule has 0 heterocycles. The number of para-hydroxylation sites is 1. The largest absolute Gasteiger partial charge is 0.490 e. The Bertz CT molecular complexity index is 449. The third kappa shape index (κ3) is 4.42. The third-order valence-electron chi connectivity index (χ3n) is 3.06. The Morgan fingerprint density at radius 2 is 2.05 bits per heavy atom. The van der Waals surface area contributed by atoms with E-state index in [4.69, 9.17) is 20.9 Å². The number of amides is 1. The quantitative estimate of drug-likeness (QED) is 0.757. The fraction of sp³-hybridized carbons (Fsp3) is 0.533. The van der Waals surface area contributed by atoms with Crippen molar-refractivity contribution in [2.24, 2.45) is 11.5 Å². The van der Waals surface area contributed by atoms with E-state index >= 15 is 0 Å². The van der Waals surface area contributed by atoms with E-state index in [0.717, 1.165) is 12.0 Å². The van der Waals surface area contributed by atoms with Crippen molar-refractivity contribution >= 4 is 5.91 Å². The highest BCUT2D eigenvalue weighted by molar-refractivity contribution is 5.78. The van der Waals surface area contributed by atoms with Gasteiger partial charge in [-0.2, -0.15) is 0 Å². The van der Waals surface area contributed by atoms with E-state index in [2.05, 4.69) is 0 Å². The molecule has 0 spiro atoms. The number of primary amides is 1. The van der Waals surface area contributed by atoms with Crippen molar-refractivity contribution < 1.29 is 14.3 Å². The Morgan fingerprint density at radius 3 is 2.60 bits per heavy atom. The molecule has 112 valence electrons. The fourth-order valence-electron chi connectivity index (χ4n) is 1.79. The summed E-state index contributed by atoms with van der Waals surface area (Å²) in [5, 5.41) is 0. The SMILES string of the molecule is CCOc1cccc(CC(N)CC)c1OC(C)C(N)=O. The second kappa shape index (κ2) is 7.75. The Labute approximate surface area is 120 Å². The van der Waals surface area contributed by atoms with Gasteiger partial charge in [0, 0.05) is 6.04 Å². The van der Waals surface area contributed by atoms with E-state index in [9.17, 15) is 4.79 Å². The fourth-order valence-corrected chi connectivity index (χ4v) is 1.79. The highest BCUT2D eigenvalue weighted by Gasteiger charge is 2.18. The van der Waals surface area contributed by atoms with Gasteiger partial charge >= 0.3 is 0 Å². The molecule has 0 saturated heterocycles. The maximum absolute atomic E-state index is 11.2. The molecule has 0 bridgehead atoms. The van der Waals surface area contributed by atoms with Gasteiger partial charge in [0.25, 0.3) is 5.91 Å². The van der Waals surface area contributed by atoms with Crippen molar-refractivity contribution in [3.05, 3.63) is 23.8 Å². The highest BCUT2D eigenvalue weighted by atomic mass is 16.5. The minimum absolute atomic E-state index is 0.0399. The summed E-state index contributed by atoms with van der Waals surface area (Å²) in [5.74, 6) is 0.660. The number of hydrogen-bond acceptors (Lipinski definition) is 4. The summed E-state index contributed by atoms with van der Waals surface area (Å²) in [5.41, 5.74) is 12.2. The summed E-state index contributed by atoms with van der Waals surface area (Å²) in [7, 11) is 0. The highest BCUT2D eigenvalue weighted by Crippen LogP contribution is 2.33. The van der Waals surface area contributed by atoms with Crippen molar-refractivity contribution in [2.45, 2.75) is 45.8 Å². The van der Waals surface area contributed by atoms with Crippen LogP contribution < -0.4 is 20.9 Å². The summed E-state index contributed by atoms with van der Waals surface area (Å²) >= 11 is 0. The lowest BCUT2D eigenvalue weighted by Gasteiger charge is -2.20. The van der Waals surface area contributed by atoms with Crippen molar-refractivity contribution in [1.82, 2.24) is 0 Å². The summed E-state index contributed by atoms with van der Waals surface area (Å²) in [4.78, 5) is 11.2. The van der Waals surface area contributed by atoms with E-state index in [1.54, 1.807) is 6.92 Å². The molecule has 0 aliphatic rings. The maximum Gasteiger partial charge on any atom is 0.258 e. The molecule has 1 aromatic carbocycles. The molecular weight excluding hydrogens is 256 g/mol. The van der Waals surface area contributed by atoms with Gasteiger partial charge in [0.1, 0.15) is 0 Å². The summed E-state index contributed by atoms with van der Waals surface area (Å²) in [6.45, 7) is 6.06. The predicted octanol–water partition coefficient (Wildman–Crippen LogP) is 1.62. The van der Waals surface area contributed by atoms with Crippen LogP contribution >= 0.6 is 0 Å². The molecule has 0 aromatic heterocycles. The van der Waals surface area contributed by atoms with Crippen molar-refractivity contribution in [1.29, 1.82) is 0 Å². The zero-order chi connectivity index (χ0) is 15.1. The first-order valence-electron chi connectivity index (χ1n) is 6.95.